The van der Waals surface area contributed by atoms with E-state index in [0.717, 1.165) is 29.2 Å². The molecule has 2 amide bonds. The van der Waals surface area contributed by atoms with Crippen LogP contribution >= 0.6 is 27.7 Å². The van der Waals surface area contributed by atoms with Gasteiger partial charge in [-0.25, -0.2) is 4.79 Å². The van der Waals surface area contributed by atoms with Crippen LogP contribution < -0.4 is 5.32 Å². The zero-order valence-electron chi connectivity index (χ0n) is 18.3. The molecule has 2 atom stereocenters. The van der Waals surface area contributed by atoms with Gasteiger partial charge in [0, 0.05) is 0 Å². The molecule has 0 saturated carbocycles. The molecule has 1 heterocycles. The van der Waals surface area contributed by atoms with Crippen LogP contribution in [-0.2, 0) is 41.2 Å². The highest BCUT2D eigenvalue weighted by Crippen LogP contribution is 2.34. The largest absolute Gasteiger partial charge is 0.509 e. The molecule has 1 saturated heterocycles. The fraction of sp³-hybridized carbons (Fsp3) is 0.429. The van der Waals surface area contributed by atoms with E-state index in [2.05, 4.69) is 21.2 Å². The zero-order valence-corrected chi connectivity index (χ0v) is 20.7. The van der Waals surface area contributed by atoms with Crippen molar-refractivity contribution in [1.82, 2.24) is 10.2 Å². The van der Waals surface area contributed by atoms with Crippen molar-refractivity contribution in [2.75, 3.05) is 18.7 Å². The van der Waals surface area contributed by atoms with Crippen LogP contribution in [0.25, 0.3) is 0 Å². The van der Waals surface area contributed by atoms with Gasteiger partial charge in [-0.15, -0.1) is 0 Å². The summed E-state index contributed by atoms with van der Waals surface area (Å²) < 4.78 is 48.1. The maximum Gasteiger partial charge on any atom is 0.416 e. The van der Waals surface area contributed by atoms with Crippen LogP contribution in [-0.4, -0.2) is 63.6 Å². The smallest absolute Gasteiger partial charge is 0.416 e. The molecule has 2 rings (SSSR count). The Kier molecular flexibility index (Phi) is 10.6. The van der Waals surface area contributed by atoms with E-state index in [-0.39, 0.29) is 17.3 Å². The highest BCUT2D eigenvalue weighted by Gasteiger charge is 2.53. The Morgan fingerprint density at radius 2 is 1.94 bits per heavy atom. The predicted molar refractivity (Wildman–Crippen MR) is 123 cm³/mol. The van der Waals surface area contributed by atoms with E-state index >= 15 is 0 Å². The van der Waals surface area contributed by atoms with Crippen LogP contribution in [0, 0.1) is 0 Å². The molecule has 192 valence electrons. The quantitative estimate of drug-likeness (QED) is 0.0564. The van der Waals surface area contributed by atoms with Gasteiger partial charge in [0.1, 0.15) is 17.2 Å². The molecule has 0 aromatic heterocycles. The van der Waals surface area contributed by atoms with Gasteiger partial charge in [0.05, 0.1) is 23.9 Å². The molecule has 2 N–H and O–H groups in total. The number of benzene rings is 1. The number of hydrogen-bond donors (Lipinski definition) is 2. The summed E-state index contributed by atoms with van der Waals surface area (Å²) in [4.78, 5) is 49.7. The second-order valence-corrected chi connectivity index (χ2v) is 8.64. The molecule has 14 heteroatoms. The van der Waals surface area contributed by atoms with Gasteiger partial charge in [0.15, 0.2) is 18.1 Å². The number of allylic oxidation sites excluding steroid dienone is 1. The van der Waals surface area contributed by atoms with E-state index < -0.39 is 59.2 Å². The maximum absolute atomic E-state index is 12.8. The van der Waals surface area contributed by atoms with E-state index in [9.17, 15) is 37.5 Å². The standard InChI is InChI=1S/C21H22BrF3N2O7S/c1-2-7-33-11-34-20(32)17(14(29)9-22)27-18(31)16(19(27)35-10-28)26-15(30)8-12-3-5-13(6-4-12)21(23,24)25/h3-6,10,16,19,29H,2,7-9,11H2,1H3,(H,26,30). The number of alkyl halides is 4. The van der Waals surface area contributed by atoms with Crippen molar-refractivity contribution in [3.63, 3.8) is 0 Å². The van der Waals surface area contributed by atoms with Crippen molar-refractivity contribution in [3.8, 4) is 0 Å². The molecule has 9 nitrogen and oxygen atoms in total. The Morgan fingerprint density at radius 1 is 1.29 bits per heavy atom. The molecule has 0 radical (unpaired) electrons. The van der Waals surface area contributed by atoms with Gasteiger partial charge in [-0.3, -0.25) is 19.3 Å². The van der Waals surface area contributed by atoms with Crippen molar-refractivity contribution in [3.05, 3.63) is 46.8 Å². The second-order valence-electron chi connectivity index (χ2n) is 7.13. The summed E-state index contributed by atoms with van der Waals surface area (Å²) in [6.07, 6.45) is -4.17. The van der Waals surface area contributed by atoms with Crippen molar-refractivity contribution in [2.24, 2.45) is 0 Å². The first-order valence-corrected chi connectivity index (χ1v) is 12.2. The van der Waals surface area contributed by atoms with E-state index in [4.69, 9.17) is 9.47 Å². The zero-order chi connectivity index (χ0) is 26.2. The van der Waals surface area contributed by atoms with Gasteiger partial charge in [0.25, 0.3) is 5.91 Å². The Bertz CT molecular complexity index is 973. The molecule has 2 unspecified atom stereocenters. The first-order chi connectivity index (χ1) is 16.5. The molecule has 35 heavy (non-hydrogen) atoms. The van der Waals surface area contributed by atoms with Crippen LogP contribution in [0.3, 0.4) is 0 Å². The molecule has 1 aromatic rings. The molecule has 0 spiro atoms. The Balaban J connectivity index is 2.11. The fourth-order valence-corrected chi connectivity index (χ4v) is 4.09. The minimum Gasteiger partial charge on any atom is -0.509 e. The van der Waals surface area contributed by atoms with Gasteiger partial charge in [-0.2, -0.15) is 13.2 Å². The molecule has 0 bridgehead atoms. The van der Waals surface area contributed by atoms with E-state index in [1.165, 1.54) is 0 Å². The molecule has 1 fully saturated rings. The Morgan fingerprint density at radius 3 is 2.49 bits per heavy atom. The van der Waals surface area contributed by atoms with Crippen molar-refractivity contribution in [1.29, 1.82) is 0 Å². The lowest BCUT2D eigenvalue weighted by atomic mass is 10.0. The number of aliphatic hydroxyl groups is 1. The summed E-state index contributed by atoms with van der Waals surface area (Å²) in [7, 11) is 0. The molecule has 1 aromatic carbocycles. The lowest BCUT2D eigenvalue weighted by Gasteiger charge is -2.45. The van der Waals surface area contributed by atoms with E-state index in [0.29, 0.717) is 30.4 Å². The first-order valence-electron chi connectivity index (χ1n) is 10.2. The average molecular weight is 583 g/mol. The molecular weight excluding hydrogens is 561 g/mol. The third-order valence-corrected chi connectivity index (χ3v) is 6.06. The van der Waals surface area contributed by atoms with Gasteiger partial charge in [-0.05, 0) is 24.1 Å². The van der Waals surface area contributed by atoms with Crippen molar-refractivity contribution in [2.45, 2.75) is 37.4 Å². The topological polar surface area (TPSA) is 122 Å². The lowest BCUT2D eigenvalue weighted by Crippen LogP contribution is -2.69. The molecule has 0 aliphatic carbocycles. The predicted octanol–water partition coefficient (Wildman–Crippen LogP) is 2.92. The maximum atomic E-state index is 12.8. The number of esters is 1. The summed E-state index contributed by atoms with van der Waals surface area (Å²) in [6, 6.07) is 2.72. The van der Waals surface area contributed by atoms with Gasteiger partial charge in [0.2, 0.25) is 5.91 Å². The van der Waals surface area contributed by atoms with Gasteiger partial charge in [-0.1, -0.05) is 46.7 Å². The first kappa shape index (κ1) is 28.7. The summed E-state index contributed by atoms with van der Waals surface area (Å²) in [5, 5.41) is 11.3. The Labute approximate surface area is 211 Å². The lowest BCUT2D eigenvalue weighted by molar-refractivity contribution is -0.160. The number of nitrogens with one attached hydrogen (secondary N) is 1. The number of carbonyl (C=O) groups excluding carboxylic acids is 4. The summed E-state index contributed by atoms with van der Waals surface area (Å²) in [6.45, 7) is 1.73. The number of hydrogen-bond acceptors (Lipinski definition) is 8. The number of halogens is 4. The summed E-state index contributed by atoms with van der Waals surface area (Å²) >= 11 is 3.57. The number of amides is 2. The number of likely N-dealkylation sites (tertiary alicyclic amines) is 1. The highest BCUT2D eigenvalue weighted by atomic mass is 79.9. The van der Waals surface area contributed by atoms with Crippen LogP contribution in [0.2, 0.25) is 0 Å². The minimum atomic E-state index is -4.52. The van der Waals surface area contributed by atoms with Crippen molar-refractivity contribution < 1.29 is 46.9 Å². The van der Waals surface area contributed by atoms with Crippen LogP contribution in [0.4, 0.5) is 13.2 Å². The number of carbonyl (C=O) groups is 4. The third kappa shape index (κ3) is 7.45. The second kappa shape index (κ2) is 12.9. The van der Waals surface area contributed by atoms with Gasteiger partial charge >= 0.3 is 12.1 Å². The van der Waals surface area contributed by atoms with Crippen molar-refractivity contribution >= 4 is 51.1 Å². The molecule has 1 aliphatic heterocycles. The third-order valence-electron chi connectivity index (χ3n) is 4.66. The monoisotopic (exact) mass is 582 g/mol. The van der Waals surface area contributed by atoms with Gasteiger partial charge < -0.3 is 19.9 Å². The van der Waals surface area contributed by atoms with Crippen LogP contribution in [0.5, 0.6) is 0 Å². The number of ether oxygens (including phenoxy) is 2. The highest BCUT2D eigenvalue weighted by molar-refractivity contribution is 9.09. The van der Waals surface area contributed by atoms with Crippen LogP contribution in [0.1, 0.15) is 24.5 Å². The number of β-lactam (4-membered cyclic amide) rings is 1. The summed E-state index contributed by atoms with van der Waals surface area (Å²) in [5.74, 6) is -3.09. The fourth-order valence-electron chi connectivity index (χ4n) is 3.04. The SMILES string of the molecule is CCCOCOC(=O)C(=C(O)CBr)N1C(=O)C(NC(=O)Cc2ccc(C(F)(F)F)cc2)C1SC=O. The van der Waals surface area contributed by atoms with E-state index in [1.54, 1.807) is 0 Å². The number of nitrogens with zero attached hydrogens (tertiary/aromatic N) is 1. The Hall–Kier alpha value is -2.58. The average Bonchev–Trinajstić information content (AvgIpc) is 2.82. The summed E-state index contributed by atoms with van der Waals surface area (Å²) in [5.41, 5.74) is -0.712. The molecular formula is C21H22BrF3N2O7S. The molecule has 1 aliphatic rings. The number of thioether (sulfide) groups is 1. The number of rotatable bonds is 12. The van der Waals surface area contributed by atoms with Crippen LogP contribution in [0.15, 0.2) is 35.7 Å². The minimum absolute atomic E-state index is 0.208. The number of aliphatic hydroxyl groups excluding tert-OH is 1. The van der Waals surface area contributed by atoms with E-state index in [1.807, 2.05) is 6.92 Å². The normalized spacial score (nSPS) is 18.4.